The van der Waals surface area contributed by atoms with Crippen LogP contribution in [0.2, 0.25) is 0 Å². The molecule has 2 unspecified atom stereocenters. The highest BCUT2D eigenvalue weighted by molar-refractivity contribution is 7.12. The Hall–Kier alpha value is -1.03. The summed E-state index contributed by atoms with van der Waals surface area (Å²) in [6, 6.07) is 1.82. The fourth-order valence-corrected chi connectivity index (χ4v) is 7.10. The molecule has 2 atom stereocenters. The van der Waals surface area contributed by atoms with Gasteiger partial charge >= 0.3 is 0 Å². The molecule has 4 heteroatoms. The number of nitrogens with two attached hydrogens (primary N) is 1. The molecule has 0 aromatic carbocycles. The van der Waals surface area contributed by atoms with Crippen LogP contribution >= 0.6 is 11.3 Å². The molecule has 1 aromatic rings. The Morgan fingerprint density at radius 2 is 1.90 bits per heavy atom. The summed E-state index contributed by atoms with van der Waals surface area (Å²) in [6.45, 7) is 4.85. The van der Waals surface area contributed by atoms with E-state index >= 15 is 0 Å². The maximum Gasteiger partial charge on any atom is 0.263 e. The second kappa shape index (κ2) is 4.03. The van der Waals surface area contributed by atoms with E-state index < -0.39 is 0 Å². The van der Waals surface area contributed by atoms with Crippen LogP contribution in [0.5, 0.6) is 0 Å². The van der Waals surface area contributed by atoms with E-state index in [1.165, 1.54) is 30.6 Å². The van der Waals surface area contributed by atoms with Crippen LogP contribution in [0.1, 0.15) is 62.0 Å². The zero-order valence-electron chi connectivity index (χ0n) is 12.9. The smallest absolute Gasteiger partial charge is 0.263 e. The second-order valence-electron chi connectivity index (χ2n) is 8.57. The molecule has 4 saturated carbocycles. The van der Waals surface area contributed by atoms with Gasteiger partial charge in [-0.25, -0.2) is 0 Å². The van der Waals surface area contributed by atoms with Gasteiger partial charge in [-0.2, -0.15) is 0 Å². The summed E-state index contributed by atoms with van der Waals surface area (Å²) in [6.07, 6.45) is 7.47. The molecule has 1 heterocycles. The second-order valence-corrected chi connectivity index (χ2v) is 9.49. The number of carbonyl (C=O) groups is 1. The van der Waals surface area contributed by atoms with E-state index in [1.54, 1.807) is 0 Å². The first-order valence-electron chi connectivity index (χ1n) is 7.96. The first-order chi connectivity index (χ1) is 9.81. The Morgan fingerprint density at radius 1 is 1.24 bits per heavy atom. The van der Waals surface area contributed by atoms with Gasteiger partial charge in [0.05, 0.1) is 5.69 Å². The summed E-state index contributed by atoms with van der Waals surface area (Å²) in [5.41, 5.74) is 7.37. The van der Waals surface area contributed by atoms with E-state index in [0.717, 1.165) is 25.2 Å². The fraction of sp³-hybridized carbons (Fsp3) is 0.706. The molecule has 0 saturated heterocycles. The van der Waals surface area contributed by atoms with Gasteiger partial charge in [0, 0.05) is 5.54 Å². The first-order valence-corrected chi connectivity index (χ1v) is 8.84. The van der Waals surface area contributed by atoms with Crippen LogP contribution in [0.4, 0.5) is 5.69 Å². The summed E-state index contributed by atoms with van der Waals surface area (Å²) < 4.78 is 0. The Bertz CT molecular complexity index is 590. The van der Waals surface area contributed by atoms with E-state index in [2.05, 4.69) is 19.2 Å². The monoisotopic (exact) mass is 304 g/mol. The summed E-state index contributed by atoms with van der Waals surface area (Å²) >= 11 is 1.45. The molecule has 1 amide bonds. The molecule has 3 nitrogen and oxygen atoms in total. The summed E-state index contributed by atoms with van der Waals surface area (Å²) in [7, 11) is 0. The normalized spacial score (nSPS) is 44.0. The van der Waals surface area contributed by atoms with Gasteiger partial charge in [-0.3, -0.25) is 4.79 Å². The van der Waals surface area contributed by atoms with Crippen molar-refractivity contribution in [3.05, 3.63) is 16.3 Å². The van der Waals surface area contributed by atoms with Gasteiger partial charge < -0.3 is 11.1 Å². The van der Waals surface area contributed by atoms with Gasteiger partial charge in [0.25, 0.3) is 5.91 Å². The number of nitrogens with one attached hydrogen (secondary N) is 1. The molecule has 1 aromatic heterocycles. The van der Waals surface area contributed by atoms with Crippen molar-refractivity contribution in [3.63, 3.8) is 0 Å². The number of hydrogen-bond acceptors (Lipinski definition) is 3. The van der Waals surface area contributed by atoms with Gasteiger partial charge in [-0.15, -0.1) is 11.3 Å². The summed E-state index contributed by atoms with van der Waals surface area (Å²) in [5, 5.41) is 5.31. The van der Waals surface area contributed by atoms with Crippen LogP contribution in [0.15, 0.2) is 11.4 Å². The van der Waals surface area contributed by atoms with Crippen molar-refractivity contribution in [2.75, 3.05) is 5.73 Å². The van der Waals surface area contributed by atoms with E-state index in [-0.39, 0.29) is 11.4 Å². The molecule has 0 spiro atoms. The van der Waals surface area contributed by atoms with E-state index in [9.17, 15) is 4.79 Å². The molecular formula is C17H24N2OS. The number of carbonyl (C=O) groups excluding carboxylic acids is 1. The Kier molecular flexibility index (Phi) is 2.62. The number of rotatable bonds is 2. The average molecular weight is 304 g/mol. The minimum absolute atomic E-state index is 0.0103. The van der Waals surface area contributed by atoms with E-state index in [0.29, 0.717) is 21.4 Å². The highest BCUT2D eigenvalue weighted by Crippen LogP contribution is 2.66. The van der Waals surface area contributed by atoms with Gasteiger partial charge in [0.15, 0.2) is 0 Å². The standard InChI is InChI=1S/C17H24N2OS/c1-15-5-11-6-16(2,8-15)10-17(7-11,9-15)19-14(20)13-12(18)3-4-21-13/h3-4,11H,5-10,18H2,1-2H3,(H,19,20). The number of nitrogen functional groups attached to an aromatic ring is 1. The van der Waals surface area contributed by atoms with Crippen molar-refractivity contribution in [2.45, 2.75) is 57.9 Å². The molecular weight excluding hydrogens is 280 g/mol. The molecule has 0 aliphatic heterocycles. The first kappa shape index (κ1) is 13.6. The predicted octanol–water partition coefficient (Wildman–Crippen LogP) is 3.81. The molecule has 4 fully saturated rings. The lowest BCUT2D eigenvalue weighted by atomic mass is 9.43. The SMILES string of the molecule is CC12CC3CC(C)(C1)CC(NC(=O)c1sccc1N)(C3)C2. The quantitative estimate of drug-likeness (QED) is 0.873. The zero-order chi connectivity index (χ0) is 14.9. The lowest BCUT2D eigenvalue weighted by molar-refractivity contribution is -0.114. The molecule has 21 heavy (non-hydrogen) atoms. The molecule has 114 valence electrons. The number of amides is 1. The van der Waals surface area contributed by atoms with Gasteiger partial charge in [-0.05, 0) is 66.7 Å². The van der Waals surface area contributed by atoms with E-state index in [1.807, 2.05) is 11.4 Å². The summed E-state index contributed by atoms with van der Waals surface area (Å²) in [5.74, 6) is 0.828. The predicted molar refractivity (Wildman–Crippen MR) is 86.3 cm³/mol. The van der Waals surface area contributed by atoms with Crippen LogP contribution in [-0.4, -0.2) is 11.4 Å². The van der Waals surface area contributed by atoms with Crippen molar-refractivity contribution in [2.24, 2.45) is 16.7 Å². The van der Waals surface area contributed by atoms with Crippen LogP contribution in [0.3, 0.4) is 0 Å². The molecule has 4 aliphatic rings. The van der Waals surface area contributed by atoms with Crippen LogP contribution in [-0.2, 0) is 0 Å². The molecule has 0 radical (unpaired) electrons. The van der Waals surface area contributed by atoms with Crippen LogP contribution in [0, 0.1) is 16.7 Å². The van der Waals surface area contributed by atoms with Crippen LogP contribution < -0.4 is 11.1 Å². The van der Waals surface area contributed by atoms with Crippen molar-refractivity contribution in [1.82, 2.24) is 5.32 Å². The largest absolute Gasteiger partial charge is 0.397 e. The molecule has 5 rings (SSSR count). The number of thiophene rings is 1. The minimum Gasteiger partial charge on any atom is -0.397 e. The van der Waals surface area contributed by atoms with Gasteiger partial charge in [-0.1, -0.05) is 13.8 Å². The van der Waals surface area contributed by atoms with Crippen molar-refractivity contribution in [1.29, 1.82) is 0 Å². The average Bonchev–Trinajstić information content (AvgIpc) is 2.69. The molecule has 3 N–H and O–H groups in total. The fourth-order valence-electron chi connectivity index (χ4n) is 6.39. The Labute approximate surface area is 130 Å². The van der Waals surface area contributed by atoms with E-state index in [4.69, 9.17) is 5.73 Å². The highest BCUT2D eigenvalue weighted by Gasteiger charge is 2.60. The third-order valence-electron chi connectivity index (χ3n) is 5.91. The van der Waals surface area contributed by atoms with Gasteiger partial charge in [0.1, 0.15) is 4.88 Å². The minimum atomic E-state index is 0.0103. The zero-order valence-corrected chi connectivity index (χ0v) is 13.7. The third-order valence-corrected chi connectivity index (χ3v) is 6.84. The van der Waals surface area contributed by atoms with Gasteiger partial charge in [0.2, 0.25) is 0 Å². The van der Waals surface area contributed by atoms with Crippen molar-refractivity contribution >= 4 is 22.9 Å². The Morgan fingerprint density at radius 3 is 2.43 bits per heavy atom. The summed E-state index contributed by atoms with van der Waals surface area (Å²) in [4.78, 5) is 13.3. The maximum atomic E-state index is 12.6. The number of hydrogen-bond donors (Lipinski definition) is 2. The van der Waals surface area contributed by atoms with Crippen LogP contribution in [0.25, 0.3) is 0 Å². The maximum absolute atomic E-state index is 12.6. The molecule has 4 aliphatic carbocycles. The van der Waals surface area contributed by atoms with Crippen molar-refractivity contribution in [3.8, 4) is 0 Å². The third kappa shape index (κ3) is 2.10. The highest BCUT2D eigenvalue weighted by atomic mass is 32.1. The lowest BCUT2D eigenvalue weighted by Crippen LogP contribution is -2.65. The van der Waals surface area contributed by atoms with Crippen molar-refractivity contribution < 1.29 is 4.79 Å². The number of anilines is 1. The lowest BCUT2D eigenvalue weighted by Gasteiger charge is -2.65. The topological polar surface area (TPSA) is 55.1 Å². The Balaban J connectivity index is 1.63. The molecule has 4 bridgehead atoms.